The highest BCUT2D eigenvalue weighted by molar-refractivity contribution is 5.80. The lowest BCUT2D eigenvalue weighted by molar-refractivity contribution is -0.122. The minimum atomic E-state index is 0.0430. The maximum Gasteiger partial charge on any atom is 0.234 e. The van der Waals surface area contributed by atoms with Crippen molar-refractivity contribution in [2.24, 2.45) is 4.99 Å². The molecule has 8 nitrogen and oxygen atoms in total. The first-order valence-corrected chi connectivity index (χ1v) is 9.64. The molecule has 28 heavy (non-hydrogen) atoms. The van der Waals surface area contributed by atoms with E-state index in [1.165, 1.54) is 5.56 Å². The maximum absolute atomic E-state index is 11.9. The van der Waals surface area contributed by atoms with E-state index >= 15 is 0 Å². The first kappa shape index (κ1) is 22.0. The molecule has 0 radical (unpaired) electrons. The van der Waals surface area contributed by atoms with Gasteiger partial charge in [0.2, 0.25) is 5.91 Å². The highest BCUT2D eigenvalue weighted by atomic mass is 16.5. The van der Waals surface area contributed by atoms with Crippen molar-refractivity contribution in [3.63, 3.8) is 0 Å². The van der Waals surface area contributed by atoms with Gasteiger partial charge in [0, 0.05) is 53.4 Å². The van der Waals surface area contributed by atoms with Crippen LogP contribution >= 0.6 is 0 Å². The smallest absolute Gasteiger partial charge is 0.234 e. The standard InChI is InChI=1S/C20H33N5O3/c1-16-11-17(13-18(12-16)28-4)14-23-20(21-2)25-8-6-24(7-9-25)15-19(26)22-5-10-27-3/h11-13H,5-10,14-15H2,1-4H3,(H,21,23)(H,22,26). The van der Waals surface area contributed by atoms with Crippen LogP contribution in [0.15, 0.2) is 23.2 Å². The number of aryl methyl sites for hydroxylation is 1. The zero-order chi connectivity index (χ0) is 20.4. The summed E-state index contributed by atoms with van der Waals surface area (Å²) in [5, 5.41) is 6.30. The topological polar surface area (TPSA) is 78.4 Å². The molecule has 2 N–H and O–H groups in total. The van der Waals surface area contributed by atoms with Gasteiger partial charge in [0.25, 0.3) is 0 Å². The SMILES string of the molecule is CN=C(NCc1cc(C)cc(OC)c1)N1CCN(CC(=O)NCCOC)CC1. The number of hydrogen-bond acceptors (Lipinski definition) is 5. The molecule has 1 heterocycles. The van der Waals surface area contributed by atoms with Crippen LogP contribution in [0.25, 0.3) is 0 Å². The van der Waals surface area contributed by atoms with E-state index in [0.29, 0.717) is 26.2 Å². The summed E-state index contributed by atoms with van der Waals surface area (Å²) in [6.45, 7) is 7.59. The van der Waals surface area contributed by atoms with Gasteiger partial charge in [-0.15, -0.1) is 0 Å². The number of ether oxygens (including phenoxy) is 2. The number of piperazine rings is 1. The summed E-state index contributed by atoms with van der Waals surface area (Å²) >= 11 is 0. The van der Waals surface area contributed by atoms with Crippen molar-refractivity contribution in [2.45, 2.75) is 13.5 Å². The number of nitrogens with zero attached hydrogens (tertiary/aromatic N) is 3. The molecular weight excluding hydrogens is 358 g/mol. The lowest BCUT2D eigenvalue weighted by atomic mass is 10.1. The van der Waals surface area contributed by atoms with Crippen LogP contribution in [0.5, 0.6) is 5.75 Å². The Labute approximate surface area is 167 Å². The highest BCUT2D eigenvalue weighted by Gasteiger charge is 2.21. The zero-order valence-electron chi connectivity index (χ0n) is 17.5. The van der Waals surface area contributed by atoms with Crippen molar-refractivity contribution in [1.29, 1.82) is 0 Å². The van der Waals surface area contributed by atoms with Crippen molar-refractivity contribution in [1.82, 2.24) is 20.4 Å². The van der Waals surface area contributed by atoms with Gasteiger partial charge in [0.05, 0.1) is 20.3 Å². The minimum Gasteiger partial charge on any atom is -0.497 e. The highest BCUT2D eigenvalue weighted by Crippen LogP contribution is 2.16. The molecule has 1 saturated heterocycles. The summed E-state index contributed by atoms with van der Waals surface area (Å²) in [5.41, 5.74) is 2.33. The Morgan fingerprint density at radius 2 is 1.89 bits per heavy atom. The third kappa shape index (κ3) is 7.01. The molecule has 1 fully saturated rings. The second kappa shape index (κ2) is 11.5. The van der Waals surface area contributed by atoms with E-state index in [1.54, 1.807) is 21.3 Å². The Morgan fingerprint density at radius 3 is 2.54 bits per heavy atom. The third-order valence-electron chi connectivity index (χ3n) is 4.68. The summed E-state index contributed by atoms with van der Waals surface area (Å²) in [6.07, 6.45) is 0. The number of nitrogens with one attached hydrogen (secondary N) is 2. The Morgan fingerprint density at radius 1 is 1.14 bits per heavy atom. The third-order valence-corrected chi connectivity index (χ3v) is 4.68. The minimum absolute atomic E-state index is 0.0430. The van der Waals surface area contributed by atoms with Gasteiger partial charge in [0.15, 0.2) is 5.96 Å². The van der Waals surface area contributed by atoms with Gasteiger partial charge >= 0.3 is 0 Å². The quantitative estimate of drug-likeness (QED) is 0.381. The zero-order valence-corrected chi connectivity index (χ0v) is 17.5. The lowest BCUT2D eigenvalue weighted by Gasteiger charge is -2.36. The summed E-state index contributed by atoms with van der Waals surface area (Å²) in [6, 6.07) is 6.19. The molecule has 0 saturated carbocycles. The predicted octanol–water partition coefficient (Wildman–Crippen LogP) is 0.459. The Hall–Kier alpha value is -2.32. The van der Waals surface area contributed by atoms with Gasteiger partial charge in [-0.1, -0.05) is 6.07 Å². The molecule has 0 unspecified atom stereocenters. The molecule has 0 aromatic heterocycles. The molecule has 156 valence electrons. The van der Waals surface area contributed by atoms with Gasteiger partial charge in [-0.3, -0.25) is 14.7 Å². The lowest BCUT2D eigenvalue weighted by Crippen LogP contribution is -2.54. The van der Waals surface area contributed by atoms with Crippen molar-refractivity contribution in [3.8, 4) is 5.75 Å². The average molecular weight is 392 g/mol. The Balaban J connectivity index is 1.79. The van der Waals surface area contributed by atoms with Gasteiger partial charge in [-0.05, 0) is 30.2 Å². The molecule has 1 aliphatic heterocycles. The van der Waals surface area contributed by atoms with Gasteiger partial charge in [0.1, 0.15) is 5.75 Å². The van der Waals surface area contributed by atoms with Crippen molar-refractivity contribution < 1.29 is 14.3 Å². The fourth-order valence-electron chi connectivity index (χ4n) is 3.23. The number of hydrogen-bond donors (Lipinski definition) is 2. The molecule has 1 aliphatic rings. The van der Waals surface area contributed by atoms with Crippen LogP contribution in [0.2, 0.25) is 0 Å². The number of carbonyl (C=O) groups excluding carboxylic acids is 1. The summed E-state index contributed by atoms with van der Waals surface area (Å²) < 4.78 is 10.3. The van der Waals surface area contributed by atoms with Crippen LogP contribution in [-0.2, 0) is 16.1 Å². The van der Waals surface area contributed by atoms with E-state index in [2.05, 4.69) is 38.4 Å². The number of rotatable bonds is 8. The molecule has 0 aliphatic carbocycles. The molecular formula is C20H33N5O3. The first-order valence-electron chi connectivity index (χ1n) is 9.64. The normalized spacial score (nSPS) is 15.4. The Bertz CT molecular complexity index is 657. The average Bonchev–Trinajstić information content (AvgIpc) is 2.69. The van der Waals surface area contributed by atoms with Crippen LogP contribution in [0.3, 0.4) is 0 Å². The predicted molar refractivity (Wildman–Crippen MR) is 111 cm³/mol. The fourth-order valence-corrected chi connectivity index (χ4v) is 3.23. The summed E-state index contributed by atoms with van der Waals surface area (Å²) in [4.78, 5) is 20.7. The first-order chi connectivity index (χ1) is 13.5. The van der Waals surface area contributed by atoms with E-state index in [0.717, 1.165) is 43.5 Å². The van der Waals surface area contributed by atoms with Crippen LogP contribution in [0.1, 0.15) is 11.1 Å². The van der Waals surface area contributed by atoms with Crippen LogP contribution in [0, 0.1) is 6.92 Å². The number of carbonyl (C=O) groups is 1. The van der Waals surface area contributed by atoms with Crippen molar-refractivity contribution in [3.05, 3.63) is 29.3 Å². The summed E-state index contributed by atoms with van der Waals surface area (Å²) in [5.74, 6) is 1.79. The second-order valence-corrected chi connectivity index (χ2v) is 6.87. The Kier molecular flexibility index (Phi) is 9.03. The molecule has 1 aromatic rings. The molecule has 1 aromatic carbocycles. The molecule has 1 amide bonds. The second-order valence-electron chi connectivity index (χ2n) is 6.87. The largest absolute Gasteiger partial charge is 0.497 e. The van der Waals surface area contributed by atoms with Gasteiger partial charge in [-0.2, -0.15) is 0 Å². The van der Waals surface area contributed by atoms with Crippen molar-refractivity contribution in [2.75, 3.05) is 67.1 Å². The summed E-state index contributed by atoms with van der Waals surface area (Å²) in [7, 11) is 5.11. The van der Waals surface area contributed by atoms with E-state index in [-0.39, 0.29) is 5.91 Å². The monoisotopic (exact) mass is 391 g/mol. The van der Waals surface area contributed by atoms with E-state index < -0.39 is 0 Å². The molecule has 0 atom stereocenters. The van der Waals surface area contributed by atoms with Crippen LogP contribution < -0.4 is 15.4 Å². The molecule has 8 heteroatoms. The maximum atomic E-state index is 11.9. The van der Waals surface area contributed by atoms with Crippen LogP contribution in [-0.4, -0.2) is 88.8 Å². The number of guanidine groups is 1. The molecule has 0 bridgehead atoms. The number of benzene rings is 1. The molecule has 0 spiro atoms. The van der Waals surface area contributed by atoms with Gasteiger partial charge in [-0.25, -0.2) is 0 Å². The van der Waals surface area contributed by atoms with Crippen molar-refractivity contribution >= 4 is 11.9 Å². The van der Waals surface area contributed by atoms with Crippen LogP contribution in [0.4, 0.5) is 0 Å². The fraction of sp³-hybridized carbons (Fsp3) is 0.600. The van der Waals surface area contributed by atoms with E-state index in [1.807, 2.05) is 12.1 Å². The van der Waals surface area contributed by atoms with Gasteiger partial charge < -0.3 is 25.0 Å². The van der Waals surface area contributed by atoms with E-state index in [9.17, 15) is 4.79 Å². The number of methoxy groups -OCH3 is 2. The number of aliphatic imine (C=N–C) groups is 1. The molecule has 2 rings (SSSR count). The van der Waals surface area contributed by atoms with E-state index in [4.69, 9.17) is 9.47 Å². The number of amides is 1.